The molecule has 1 aromatic heterocycles. The number of hydrogen-bond acceptors (Lipinski definition) is 6. The van der Waals surface area contributed by atoms with Gasteiger partial charge in [0, 0.05) is 24.2 Å². The Balaban J connectivity index is 1.56. The number of tetrazole rings is 1. The number of nitrogens with one attached hydrogen (secondary N) is 2. The van der Waals surface area contributed by atoms with Crippen molar-refractivity contribution in [1.29, 1.82) is 0 Å². The van der Waals surface area contributed by atoms with E-state index in [1.54, 1.807) is 12.1 Å². The Hall–Kier alpha value is -2.98. The molecule has 2 atom stereocenters. The minimum atomic E-state index is -4.66. The van der Waals surface area contributed by atoms with Gasteiger partial charge < -0.3 is 15.4 Å². The molecule has 1 fully saturated rings. The lowest BCUT2D eigenvalue weighted by atomic mass is 9.91. The number of alkyl halides is 3. The Morgan fingerprint density at radius 3 is 2.69 bits per heavy atom. The third kappa shape index (κ3) is 4.76. The number of benzene rings is 2. The minimum absolute atomic E-state index is 0.148. The Morgan fingerprint density at radius 2 is 1.97 bits per heavy atom. The van der Waals surface area contributed by atoms with Crippen LogP contribution in [0.5, 0.6) is 5.75 Å². The summed E-state index contributed by atoms with van der Waals surface area (Å²) >= 11 is 0. The van der Waals surface area contributed by atoms with Crippen LogP contribution in [-0.4, -0.2) is 39.9 Å². The van der Waals surface area contributed by atoms with Crippen molar-refractivity contribution in [2.45, 2.75) is 44.6 Å². The van der Waals surface area contributed by atoms with Crippen molar-refractivity contribution < 1.29 is 17.9 Å². The Kier molecular flexibility index (Phi) is 6.43. The van der Waals surface area contributed by atoms with Gasteiger partial charge >= 0.3 is 6.18 Å². The molecule has 0 saturated carbocycles. The van der Waals surface area contributed by atoms with E-state index in [0.717, 1.165) is 24.9 Å². The summed E-state index contributed by atoms with van der Waals surface area (Å²) < 4.78 is 45.8. The summed E-state index contributed by atoms with van der Waals surface area (Å²) in [6, 6.07) is 13.5. The molecule has 32 heavy (non-hydrogen) atoms. The lowest BCUT2D eigenvalue weighted by Gasteiger charge is -2.34. The molecule has 170 valence electrons. The first kappa shape index (κ1) is 22.2. The standard InChI is InChI=1S/C22H25F3N6O/c1-14-5-7-15(8-6-14)20-18(4-3-11-26-20)27-13-16-12-17(9-10-19(16)32-2)31-21(22(23,24)25)28-29-30-31/h5-10,12,18,20,26-27H,3-4,11,13H2,1-2H3/t18-,20-/m0/s1. The highest BCUT2D eigenvalue weighted by Crippen LogP contribution is 2.30. The molecule has 0 amide bonds. The Labute approximate surface area is 184 Å². The fraction of sp³-hybridized carbons (Fsp3) is 0.409. The normalized spacial score (nSPS) is 19.2. The van der Waals surface area contributed by atoms with Crippen LogP contribution >= 0.6 is 0 Å². The van der Waals surface area contributed by atoms with Crippen molar-refractivity contribution in [3.05, 3.63) is 65.0 Å². The highest BCUT2D eigenvalue weighted by atomic mass is 19.4. The zero-order valence-corrected chi connectivity index (χ0v) is 17.9. The molecule has 10 heteroatoms. The average molecular weight is 446 g/mol. The van der Waals surface area contributed by atoms with E-state index >= 15 is 0 Å². The largest absolute Gasteiger partial charge is 0.496 e. The summed E-state index contributed by atoms with van der Waals surface area (Å²) in [6.07, 6.45) is -2.63. The number of methoxy groups -OCH3 is 1. The fourth-order valence-electron chi connectivity index (χ4n) is 4.05. The number of aryl methyl sites for hydroxylation is 1. The van der Waals surface area contributed by atoms with Crippen LogP contribution in [0.15, 0.2) is 42.5 Å². The predicted molar refractivity (Wildman–Crippen MR) is 112 cm³/mol. The number of hydrogen-bond donors (Lipinski definition) is 2. The van der Waals surface area contributed by atoms with Crippen molar-refractivity contribution in [3.63, 3.8) is 0 Å². The number of halogens is 3. The second-order valence-corrected chi connectivity index (χ2v) is 7.88. The molecule has 2 heterocycles. The summed E-state index contributed by atoms with van der Waals surface area (Å²) in [5.41, 5.74) is 3.35. The highest BCUT2D eigenvalue weighted by molar-refractivity contribution is 5.44. The zero-order valence-electron chi connectivity index (χ0n) is 17.9. The van der Waals surface area contributed by atoms with Crippen LogP contribution in [0, 0.1) is 6.92 Å². The second kappa shape index (κ2) is 9.25. The summed E-state index contributed by atoms with van der Waals surface area (Å²) in [5.74, 6) is -0.587. The van der Waals surface area contributed by atoms with Crippen LogP contribution in [0.3, 0.4) is 0 Å². The van der Waals surface area contributed by atoms with Gasteiger partial charge in [-0.25, -0.2) is 0 Å². The van der Waals surface area contributed by atoms with E-state index < -0.39 is 12.0 Å². The maximum Gasteiger partial charge on any atom is 0.453 e. The highest BCUT2D eigenvalue weighted by Gasteiger charge is 2.38. The topological polar surface area (TPSA) is 76.9 Å². The number of ether oxygens (including phenoxy) is 1. The molecular formula is C22H25F3N6O. The predicted octanol–water partition coefficient (Wildman–Crippen LogP) is 3.58. The zero-order chi connectivity index (χ0) is 22.7. The summed E-state index contributed by atoms with van der Waals surface area (Å²) in [5, 5.41) is 17.0. The summed E-state index contributed by atoms with van der Waals surface area (Å²) in [7, 11) is 1.54. The molecule has 0 aliphatic carbocycles. The molecule has 4 rings (SSSR count). The molecule has 2 N–H and O–H groups in total. The monoisotopic (exact) mass is 446 g/mol. The van der Waals surface area contributed by atoms with Gasteiger partial charge in [-0.2, -0.15) is 17.9 Å². The van der Waals surface area contributed by atoms with Crippen LogP contribution in [0.1, 0.15) is 41.4 Å². The van der Waals surface area contributed by atoms with Crippen molar-refractivity contribution in [3.8, 4) is 11.4 Å². The van der Waals surface area contributed by atoms with E-state index in [2.05, 4.69) is 57.3 Å². The van der Waals surface area contributed by atoms with E-state index in [1.807, 2.05) is 0 Å². The average Bonchev–Trinajstić information content (AvgIpc) is 3.29. The van der Waals surface area contributed by atoms with Gasteiger partial charge in [-0.05, 0) is 60.5 Å². The molecule has 0 spiro atoms. The van der Waals surface area contributed by atoms with E-state index in [1.165, 1.54) is 24.3 Å². The quantitative estimate of drug-likeness (QED) is 0.603. The molecule has 1 aliphatic heterocycles. The van der Waals surface area contributed by atoms with Gasteiger partial charge in [0.2, 0.25) is 0 Å². The lowest BCUT2D eigenvalue weighted by Crippen LogP contribution is -2.45. The minimum Gasteiger partial charge on any atom is -0.496 e. The van der Waals surface area contributed by atoms with Crippen molar-refractivity contribution in [2.24, 2.45) is 0 Å². The number of nitrogens with zero attached hydrogens (tertiary/aromatic N) is 4. The van der Waals surface area contributed by atoms with Crippen LogP contribution in [0.4, 0.5) is 13.2 Å². The van der Waals surface area contributed by atoms with Crippen LogP contribution < -0.4 is 15.4 Å². The third-order valence-corrected chi connectivity index (χ3v) is 5.68. The fourth-order valence-corrected chi connectivity index (χ4v) is 4.05. The van der Waals surface area contributed by atoms with Crippen molar-refractivity contribution >= 4 is 0 Å². The SMILES string of the molecule is COc1ccc(-n2nnnc2C(F)(F)F)cc1CN[C@H]1CCCN[C@H]1c1ccc(C)cc1. The first-order valence-electron chi connectivity index (χ1n) is 10.4. The molecule has 1 saturated heterocycles. The molecule has 7 nitrogen and oxygen atoms in total. The summed E-state index contributed by atoms with van der Waals surface area (Å²) in [6.45, 7) is 3.42. The van der Waals surface area contributed by atoms with Gasteiger partial charge in [0.25, 0.3) is 5.82 Å². The van der Waals surface area contributed by atoms with Gasteiger partial charge in [0.05, 0.1) is 12.8 Å². The molecule has 1 aliphatic rings. The summed E-state index contributed by atoms with van der Waals surface area (Å²) in [4.78, 5) is 0. The van der Waals surface area contributed by atoms with E-state index in [-0.39, 0.29) is 17.8 Å². The van der Waals surface area contributed by atoms with Crippen LogP contribution in [0.2, 0.25) is 0 Å². The van der Waals surface area contributed by atoms with Crippen molar-refractivity contribution in [2.75, 3.05) is 13.7 Å². The molecule has 0 bridgehead atoms. The lowest BCUT2D eigenvalue weighted by molar-refractivity contribution is -0.146. The molecule has 3 aromatic rings. The molecule has 0 unspecified atom stereocenters. The number of rotatable bonds is 6. The van der Waals surface area contributed by atoms with Gasteiger partial charge in [-0.3, -0.25) is 0 Å². The Bertz CT molecular complexity index is 1050. The smallest absolute Gasteiger partial charge is 0.453 e. The van der Waals surface area contributed by atoms with Gasteiger partial charge in [0.1, 0.15) is 5.75 Å². The van der Waals surface area contributed by atoms with Crippen LogP contribution in [-0.2, 0) is 12.7 Å². The molecule has 0 radical (unpaired) electrons. The molecule has 2 aromatic carbocycles. The second-order valence-electron chi connectivity index (χ2n) is 7.88. The van der Waals surface area contributed by atoms with Gasteiger partial charge in [-0.15, -0.1) is 5.10 Å². The first-order valence-corrected chi connectivity index (χ1v) is 10.4. The third-order valence-electron chi connectivity index (χ3n) is 5.68. The van der Waals surface area contributed by atoms with E-state index in [0.29, 0.717) is 17.0 Å². The Morgan fingerprint density at radius 1 is 1.19 bits per heavy atom. The number of aromatic nitrogens is 4. The van der Waals surface area contributed by atoms with Gasteiger partial charge in [0.15, 0.2) is 0 Å². The van der Waals surface area contributed by atoms with Gasteiger partial charge in [-0.1, -0.05) is 29.8 Å². The van der Waals surface area contributed by atoms with Crippen LogP contribution in [0.25, 0.3) is 5.69 Å². The first-order chi connectivity index (χ1) is 15.4. The maximum atomic E-state index is 13.2. The van der Waals surface area contributed by atoms with Crippen molar-refractivity contribution in [1.82, 2.24) is 30.8 Å². The molecular weight excluding hydrogens is 421 g/mol. The maximum absolute atomic E-state index is 13.2. The van der Waals surface area contributed by atoms with E-state index in [9.17, 15) is 13.2 Å². The number of piperidine rings is 1. The van der Waals surface area contributed by atoms with E-state index in [4.69, 9.17) is 4.74 Å².